The molecule has 1 aliphatic carbocycles. The van der Waals surface area contributed by atoms with Gasteiger partial charge in [-0.25, -0.2) is 4.39 Å². The van der Waals surface area contributed by atoms with Gasteiger partial charge in [-0.05, 0) is 43.4 Å². The van der Waals surface area contributed by atoms with Crippen LogP contribution in [0.1, 0.15) is 25.3 Å². The molecule has 0 saturated heterocycles. The maximum atomic E-state index is 13.7. The lowest BCUT2D eigenvalue weighted by Crippen LogP contribution is -2.24. The Hall–Kier alpha value is -1.09. The van der Waals surface area contributed by atoms with Crippen molar-refractivity contribution in [3.8, 4) is 5.75 Å². The summed E-state index contributed by atoms with van der Waals surface area (Å²) < 4.78 is 18.7. The molecule has 0 radical (unpaired) electrons. The average molecular weight is 237 g/mol. The molecule has 1 N–H and O–H groups in total. The number of methoxy groups -OCH3 is 1. The molecule has 17 heavy (non-hydrogen) atoms. The summed E-state index contributed by atoms with van der Waals surface area (Å²) in [5, 5.41) is 3.47. The number of hydrogen-bond donors (Lipinski definition) is 1. The van der Waals surface area contributed by atoms with Crippen LogP contribution in [0.3, 0.4) is 0 Å². The molecular weight excluding hydrogens is 217 g/mol. The molecule has 2 rings (SSSR count). The summed E-state index contributed by atoms with van der Waals surface area (Å²) in [6.45, 7) is 3.12. The maximum absolute atomic E-state index is 13.7. The van der Waals surface area contributed by atoms with E-state index >= 15 is 0 Å². The third kappa shape index (κ3) is 3.70. The van der Waals surface area contributed by atoms with Crippen molar-refractivity contribution < 1.29 is 9.13 Å². The van der Waals surface area contributed by atoms with Gasteiger partial charge in [0.15, 0.2) is 0 Å². The van der Waals surface area contributed by atoms with Gasteiger partial charge in [-0.1, -0.05) is 13.0 Å². The first kappa shape index (κ1) is 12.4. The van der Waals surface area contributed by atoms with Crippen LogP contribution in [0.15, 0.2) is 18.2 Å². The van der Waals surface area contributed by atoms with E-state index in [0.717, 1.165) is 24.6 Å². The summed E-state index contributed by atoms with van der Waals surface area (Å²) in [6, 6.07) is 5.82. The molecule has 0 aromatic heterocycles. The molecule has 0 amide bonds. The zero-order valence-electron chi connectivity index (χ0n) is 10.5. The van der Waals surface area contributed by atoms with Gasteiger partial charge in [-0.2, -0.15) is 0 Å². The number of rotatable bonds is 6. The van der Waals surface area contributed by atoms with E-state index in [1.165, 1.54) is 18.9 Å². The molecular formula is C14H20FNO. The van der Waals surface area contributed by atoms with Crippen LogP contribution in [0.4, 0.5) is 4.39 Å². The molecule has 1 aromatic rings. The number of benzene rings is 1. The molecule has 2 nitrogen and oxygen atoms in total. The summed E-state index contributed by atoms with van der Waals surface area (Å²) in [7, 11) is 1.55. The molecule has 0 heterocycles. The zero-order chi connectivity index (χ0) is 12.3. The highest BCUT2D eigenvalue weighted by Crippen LogP contribution is 2.21. The lowest BCUT2D eigenvalue weighted by atomic mass is 10.0. The number of hydrogen-bond acceptors (Lipinski definition) is 2. The summed E-state index contributed by atoms with van der Waals surface area (Å²) in [4.78, 5) is 0. The fourth-order valence-electron chi connectivity index (χ4n) is 1.92. The van der Waals surface area contributed by atoms with E-state index < -0.39 is 0 Å². The SMILES string of the molecule is COc1ccc(CC(C)CNC2CC2)c(F)c1. The Bertz CT molecular complexity index is 376. The van der Waals surface area contributed by atoms with Gasteiger partial charge in [0, 0.05) is 12.1 Å². The van der Waals surface area contributed by atoms with Crippen LogP contribution in [-0.4, -0.2) is 19.7 Å². The standard InChI is InChI=1S/C14H20FNO/c1-10(9-16-12-4-5-12)7-11-3-6-13(17-2)8-14(11)15/h3,6,8,10,12,16H,4-5,7,9H2,1-2H3. The van der Waals surface area contributed by atoms with Gasteiger partial charge in [0.05, 0.1) is 7.11 Å². The number of halogens is 1. The number of ether oxygens (including phenoxy) is 1. The molecule has 1 fully saturated rings. The smallest absolute Gasteiger partial charge is 0.130 e. The first-order chi connectivity index (χ1) is 8.19. The predicted octanol–water partition coefficient (Wildman–Crippen LogP) is 2.76. The van der Waals surface area contributed by atoms with Crippen LogP contribution in [0.2, 0.25) is 0 Å². The zero-order valence-corrected chi connectivity index (χ0v) is 10.5. The van der Waals surface area contributed by atoms with Crippen molar-refractivity contribution in [2.75, 3.05) is 13.7 Å². The van der Waals surface area contributed by atoms with Gasteiger partial charge >= 0.3 is 0 Å². The van der Waals surface area contributed by atoms with Crippen molar-refractivity contribution in [2.45, 2.75) is 32.2 Å². The fraction of sp³-hybridized carbons (Fsp3) is 0.571. The van der Waals surface area contributed by atoms with E-state index in [9.17, 15) is 4.39 Å². The van der Waals surface area contributed by atoms with Crippen LogP contribution in [0, 0.1) is 11.7 Å². The van der Waals surface area contributed by atoms with E-state index in [0.29, 0.717) is 11.7 Å². The van der Waals surface area contributed by atoms with Crippen LogP contribution < -0.4 is 10.1 Å². The maximum Gasteiger partial charge on any atom is 0.130 e. The van der Waals surface area contributed by atoms with Crippen LogP contribution in [0.25, 0.3) is 0 Å². The second kappa shape index (κ2) is 5.50. The predicted molar refractivity (Wildman–Crippen MR) is 66.8 cm³/mol. The Balaban J connectivity index is 1.87. The Morgan fingerprint density at radius 1 is 1.47 bits per heavy atom. The van der Waals surface area contributed by atoms with E-state index in [4.69, 9.17) is 4.74 Å². The minimum atomic E-state index is -0.164. The summed E-state index contributed by atoms with van der Waals surface area (Å²) in [6.07, 6.45) is 3.36. The van der Waals surface area contributed by atoms with Gasteiger partial charge in [0.2, 0.25) is 0 Å². The first-order valence-electron chi connectivity index (χ1n) is 6.25. The largest absolute Gasteiger partial charge is 0.497 e. The van der Waals surface area contributed by atoms with E-state index in [1.807, 2.05) is 12.1 Å². The number of nitrogens with one attached hydrogen (secondary N) is 1. The van der Waals surface area contributed by atoms with Crippen molar-refractivity contribution in [3.63, 3.8) is 0 Å². The highest BCUT2D eigenvalue weighted by molar-refractivity contribution is 5.29. The quantitative estimate of drug-likeness (QED) is 0.821. The lowest BCUT2D eigenvalue weighted by Gasteiger charge is -2.13. The molecule has 1 saturated carbocycles. The van der Waals surface area contributed by atoms with Crippen LogP contribution in [0.5, 0.6) is 5.75 Å². The summed E-state index contributed by atoms with van der Waals surface area (Å²) >= 11 is 0. The van der Waals surface area contributed by atoms with E-state index in [2.05, 4.69) is 12.2 Å². The Kier molecular flexibility index (Phi) is 4.00. The molecule has 1 atom stereocenters. The van der Waals surface area contributed by atoms with Crippen molar-refractivity contribution in [1.29, 1.82) is 0 Å². The van der Waals surface area contributed by atoms with Gasteiger partial charge in [-0.3, -0.25) is 0 Å². The average Bonchev–Trinajstić information content (AvgIpc) is 3.13. The topological polar surface area (TPSA) is 21.3 Å². The van der Waals surface area contributed by atoms with Crippen LogP contribution in [-0.2, 0) is 6.42 Å². The second-order valence-electron chi connectivity index (χ2n) is 4.95. The first-order valence-corrected chi connectivity index (χ1v) is 6.25. The third-order valence-electron chi connectivity index (χ3n) is 3.16. The van der Waals surface area contributed by atoms with Crippen LogP contribution >= 0.6 is 0 Å². The minimum Gasteiger partial charge on any atom is -0.497 e. The van der Waals surface area contributed by atoms with Gasteiger partial charge in [0.25, 0.3) is 0 Å². The highest BCUT2D eigenvalue weighted by Gasteiger charge is 2.21. The monoisotopic (exact) mass is 237 g/mol. The second-order valence-corrected chi connectivity index (χ2v) is 4.95. The Labute approximate surface area is 102 Å². The minimum absolute atomic E-state index is 0.164. The molecule has 94 valence electrons. The highest BCUT2D eigenvalue weighted by atomic mass is 19.1. The van der Waals surface area contributed by atoms with Crippen molar-refractivity contribution in [3.05, 3.63) is 29.6 Å². The molecule has 3 heteroatoms. The van der Waals surface area contributed by atoms with E-state index in [1.54, 1.807) is 7.11 Å². The van der Waals surface area contributed by atoms with Gasteiger partial charge in [-0.15, -0.1) is 0 Å². The molecule has 1 aromatic carbocycles. The molecule has 0 bridgehead atoms. The molecule has 0 spiro atoms. The van der Waals surface area contributed by atoms with Crippen molar-refractivity contribution in [1.82, 2.24) is 5.32 Å². The lowest BCUT2D eigenvalue weighted by molar-refractivity contribution is 0.410. The fourth-order valence-corrected chi connectivity index (χ4v) is 1.92. The molecule has 1 unspecified atom stereocenters. The normalized spacial score (nSPS) is 16.9. The van der Waals surface area contributed by atoms with Crippen molar-refractivity contribution in [2.24, 2.45) is 5.92 Å². The third-order valence-corrected chi connectivity index (χ3v) is 3.16. The van der Waals surface area contributed by atoms with Gasteiger partial charge in [0.1, 0.15) is 11.6 Å². The Morgan fingerprint density at radius 3 is 2.82 bits per heavy atom. The molecule has 1 aliphatic rings. The summed E-state index contributed by atoms with van der Waals surface area (Å²) in [5.41, 5.74) is 0.774. The van der Waals surface area contributed by atoms with Crippen molar-refractivity contribution >= 4 is 0 Å². The molecule has 0 aliphatic heterocycles. The van der Waals surface area contributed by atoms with Gasteiger partial charge < -0.3 is 10.1 Å². The van der Waals surface area contributed by atoms with E-state index in [-0.39, 0.29) is 5.82 Å². The summed E-state index contributed by atoms with van der Waals surface area (Å²) in [5.74, 6) is 0.871. The Morgan fingerprint density at radius 2 is 2.24 bits per heavy atom.